The zero-order valence-electron chi connectivity index (χ0n) is 11.5. The summed E-state index contributed by atoms with van der Waals surface area (Å²) in [5.74, 6) is 0.279. The van der Waals surface area contributed by atoms with Crippen LogP contribution in [-0.4, -0.2) is 10.7 Å². The molecule has 0 saturated heterocycles. The minimum Gasteiger partial charge on any atom is -0.388 e. The Hall–Kier alpha value is -1.33. The van der Waals surface area contributed by atoms with E-state index in [9.17, 15) is 10.4 Å². The quantitative estimate of drug-likeness (QED) is 0.881. The molecule has 2 heteroatoms. The van der Waals surface area contributed by atoms with Crippen LogP contribution in [-0.2, 0) is 12.8 Å². The Morgan fingerprint density at radius 2 is 1.95 bits per heavy atom. The predicted octanol–water partition coefficient (Wildman–Crippen LogP) is 3.24. The Morgan fingerprint density at radius 3 is 2.47 bits per heavy atom. The fourth-order valence-corrected chi connectivity index (χ4v) is 4.33. The molecule has 1 N–H and O–H groups in total. The standard InChI is InChI=1S/C17H21NO/c1-2-15-8-5-9-17(15,19)16(12-18)10-13-6-3-4-7-14(13)11-16/h3-4,6-7,15,19H,2,5,8-11H2,1H3. The minimum atomic E-state index is -0.796. The molecule has 0 bridgehead atoms. The molecule has 2 aliphatic carbocycles. The van der Waals surface area contributed by atoms with Crippen LogP contribution in [0.2, 0.25) is 0 Å². The number of nitrogens with zero attached hydrogens (tertiary/aromatic N) is 1. The highest BCUT2D eigenvalue weighted by atomic mass is 16.3. The summed E-state index contributed by atoms with van der Waals surface area (Å²) in [5, 5.41) is 21.1. The molecular weight excluding hydrogens is 234 g/mol. The second-order valence-electron chi connectivity index (χ2n) is 6.24. The Bertz CT molecular complexity index is 505. The number of fused-ring (bicyclic) bond motifs is 1. The van der Waals surface area contributed by atoms with Crippen molar-refractivity contribution in [1.82, 2.24) is 0 Å². The maximum atomic E-state index is 11.3. The van der Waals surface area contributed by atoms with Crippen molar-refractivity contribution in [3.8, 4) is 6.07 Å². The van der Waals surface area contributed by atoms with Gasteiger partial charge < -0.3 is 5.11 Å². The van der Waals surface area contributed by atoms with Crippen LogP contribution in [0, 0.1) is 22.7 Å². The van der Waals surface area contributed by atoms with Gasteiger partial charge in [0, 0.05) is 0 Å². The third-order valence-electron chi connectivity index (χ3n) is 5.42. The van der Waals surface area contributed by atoms with Gasteiger partial charge in [-0.05, 0) is 42.7 Å². The first-order valence-electron chi connectivity index (χ1n) is 7.35. The highest BCUT2D eigenvalue weighted by Crippen LogP contribution is 2.54. The molecule has 2 aliphatic rings. The minimum absolute atomic E-state index is 0.279. The zero-order chi connectivity index (χ0) is 13.5. The number of hydrogen-bond donors (Lipinski definition) is 1. The Balaban J connectivity index is 2.01. The molecule has 1 fully saturated rings. The van der Waals surface area contributed by atoms with Crippen LogP contribution in [0.15, 0.2) is 24.3 Å². The van der Waals surface area contributed by atoms with Crippen molar-refractivity contribution in [3.63, 3.8) is 0 Å². The molecule has 0 spiro atoms. The Morgan fingerprint density at radius 1 is 1.32 bits per heavy atom. The molecule has 1 saturated carbocycles. The van der Waals surface area contributed by atoms with Crippen molar-refractivity contribution >= 4 is 0 Å². The SMILES string of the molecule is CCC1CCCC1(O)C1(C#N)Cc2ccccc2C1. The monoisotopic (exact) mass is 255 g/mol. The van der Waals surface area contributed by atoms with Gasteiger partial charge in [-0.1, -0.05) is 44.0 Å². The van der Waals surface area contributed by atoms with Gasteiger partial charge in [0.05, 0.1) is 17.1 Å². The lowest BCUT2D eigenvalue weighted by Crippen LogP contribution is -2.51. The number of nitriles is 1. The van der Waals surface area contributed by atoms with Crippen molar-refractivity contribution in [3.05, 3.63) is 35.4 Å². The first kappa shape index (κ1) is 12.7. The molecule has 19 heavy (non-hydrogen) atoms. The predicted molar refractivity (Wildman–Crippen MR) is 74.5 cm³/mol. The van der Waals surface area contributed by atoms with Crippen LogP contribution < -0.4 is 0 Å². The summed E-state index contributed by atoms with van der Waals surface area (Å²) >= 11 is 0. The van der Waals surface area contributed by atoms with Gasteiger partial charge in [-0.15, -0.1) is 0 Å². The van der Waals surface area contributed by atoms with Crippen molar-refractivity contribution in [2.45, 2.75) is 51.0 Å². The van der Waals surface area contributed by atoms with Crippen LogP contribution in [0.5, 0.6) is 0 Å². The van der Waals surface area contributed by atoms with Gasteiger partial charge in [0.1, 0.15) is 0 Å². The highest BCUT2D eigenvalue weighted by Gasteiger charge is 2.58. The van der Waals surface area contributed by atoms with Gasteiger partial charge in [0.25, 0.3) is 0 Å². The third-order valence-corrected chi connectivity index (χ3v) is 5.42. The fraction of sp³-hybridized carbons (Fsp3) is 0.588. The van der Waals surface area contributed by atoms with Crippen molar-refractivity contribution < 1.29 is 5.11 Å². The third kappa shape index (κ3) is 1.65. The van der Waals surface area contributed by atoms with E-state index in [-0.39, 0.29) is 5.92 Å². The molecule has 0 radical (unpaired) electrons. The molecule has 0 aliphatic heterocycles. The summed E-state index contributed by atoms with van der Waals surface area (Å²) in [6, 6.07) is 10.8. The van der Waals surface area contributed by atoms with E-state index in [0.29, 0.717) is 12.8 Å². The summed E-state index contributed by atoms with van der Waals surface area (Å²) < 4.78 is 0. The van der Waals surface area contributed by atoms with Gasteiger partial charge in [-0.25, -0.2) is 0 Å². The lowest BCUT2D eigenvalue weighted by atomic mass is 9.65. The molecule has 100 valence electrons. The largest absolute Gasteiger partial charge is 0.388 e. The maximum Gasteiger partial charge on any atom is 0.0943 e. The Kier molecular flexibility index (Phi) is 2.91. The van der Waals surface area contributed by atoms with Crippen molar-refractivity contribution in [2.24, 2.45) is 11.3 Å². The molecule has 2 unspecified atom stereocenters. The van der Waals surface area contributed by atoms with Gasteiger partial charge in [0.2, 0.25) is 0 Å². The molecule has 0 aromatic heterocycles. The summed E-state index contributed by atoms with van der Waals surface area (Å²) in [5.41, 5.74) is 1.10. The van der Waals surface area contributed by atoms with Gasteiger partial charge in [0.15, 0.2) is 0 Å². The molecule has 1 aromatic carbocycles. The first-order valence-corrected chi connectivity index (χ1v) is 7.35. The van der Waals surface area contributed by atoms with Crippen LogP contribution >= 0.6 is 0 Å². The first-order chi connectivity index (χ1) is 9.15. The van der Waals surface area contributed by atoms with E-state index in [1.165, 1.54) is 11.1 Å². The molecule has 0 amide bonds. The summed E-state index contributed by atoms with van der Waals surface area (Å²) in [7, 11) is 0. The summed E-state index contributed by atoms with van der Waals surface area (Å²) in [6.45, 7) is 2.13. The fourth-order valence-electron chi connectivity index (χ4n) is 4.33. The van der Waals surface area contributed by atoms with Crippen molar-refractivity contribution in [1.29, 1.82) is 5.26 Å². The highest BCUT2D eigenvalue weighted by molar-refractivity contribution is 5.39. The van der Waals surface area contributed by atoms with Crippen LogP contribution in [0.25, 0.3) is 0 Å². The maximum absolute atomic E-state index is 11.3. The van der Waals surface area contributed by atoms with E-state index in [1.807, 2.05) is 12.1 Å². The molecule has 3 rings (SSSR count). The topological polar surface area (TPSA) is 44.0 Å². The average Bonchev–Trinajstić information content (AvgIpc) is 3.00. The van der Waals surface area contributed by atoms with Crippen LogP contribution in [0.1, 0.15) is 43.7 Å². The van der Waals surface area contributed by atoms with Crippen molar-refractivity contribution in [2.75, 3.05) is 0 Å². The second kappa shape index (κ2) is 4.35. The number of hydrogen-bond acceptors (Lipinski definition) is 2. The van der Waals surface area contributed by atoms with Crippen LogP contribution in [0.4, 0.5) is 0 Å². The van der Waals surface area contributed by atoms with Gasteiger partial charge >= 0.3 is 0 Å². The van der Waals surface area contributed by atoms with E-state index in [0.717, 1.165) is 25.7 Å². The summed E-state index contributed by atoms with van der Waals surface area (Å²) in [4.78, 5) is 0. The van der Waals surface area contributed by atoms with Gasteiger partial charge in [-0.3, -0.25) is 0 Å². The zero-order valence-corrected chi connectivity index (χ0v) is 11.5. The van der Waals surface area contributed by atoms with E-state index in [4.69, 9.17) is 0 Å². The number of aliphatic hydroxyl groups is 1. The lowest BCUT2D eigenvalue weighted by Gasteiger charge is -2.41. The lowest BCUT2D eigenvalue weighted by molar-refractivity contribution is -0.0828. The molecule has 0 heterocycles. The van der Waals surface area contributed by atoms with E-state index in [1.54, 1.807) is 0 Å². The molecular formula is C17H21NO. The average molecular weight is 255 g/mol. The summed E-state index contributed by atoms with van der Waals surface area (Å²) in [6.07, 6.45) is 5.30. The van der Waals surface area contributed by atoms with Crippen LogP contribution in [0.3, 0.4) is 0 Å². The Labute approximate surface area is 115 Å². The van der Waals surface area contributed by atoms with E-state index >= 15 is 0 Å². The molecule has 2 nitrogen and oxygen atoms in total. The van der Waals surface area contributed by atoms with Gasteiger partial charge in [-0.2, -0.15) is 5.26 Å². The molecule has 2 atom stereocenters. The number of rotatable bonds is 2. The van der Waals surface area contributed by atoms with E-state index < -0.39 is 11.0 Å². The normalized spacial score (nSPS) is 31.9. The smallest absolute Gasteiger partial charge is 0.0943 e. The second-order valence-corrected chi connectivity index (χ2v) is 6.24. The number of benzene rings is 1. The molecule has 1 aromatic rings. The van der Waals surface area contributed by atoms with E-state index in [2.05, 4.69) is 25.1 Å².